The van der Waals surface area contributed by atoms with Gasteiger partial charge in [0.15, 0.2) is 0 Å². The van der Waals surface area contributed by atoms with Crippen LogP contribution in [0.3, 0.4) is 0 Å². The third-order valence-corrected chi connectivity index (χ3v) is 2.21. The van der Waals surface area contributed by atoms with Crippen molar-refractivity contribution in [3.63, 3.8) is 0 Å². The van der Waals surface area contributed by atoms with Crippen molar-refractivity contribution in [1.82, 2.24) is 5.32 Å². The van der Waals surface area contributed by atoms with Crippen LogP contribution < -0.4 is 5.32 Å². The lowest BCUT2D eigenvalue weighted by Crippen LogP contribution is -2.25. The van der Waals surface area contributed by atoms with Gasteiger partial charge in [0.05, 0.1) is 0 Å². The number of hydrogen-bond donors (Lipinski definition) is 1. The molecular weight excluding hydrogens is 210 g/mol. The van der Waals surface area contributed by atoms with Crippen molar-refractivity contribution in [1.29, 1.82) is 0 Å². The molecule has 0 aliphatic carbocycles. The summed E-state index contributed by atoms with van der Waals surface area (Å²) in [6.45, 7) is 8.57. The van der Waals surface area contributed by atoms with E-state index in [9.17, 15) is 4.79 Å². The van der Waals surface area contributed by atoms with E-state index in [-0.39, 0.29) is 5.91 Å². The molecule has 0 fully saturated rings. The highest BCUT2D eigenvalue weighted by Crippen LogP contribution is 2.00. The first kappa shape index (κ1) is 15.7. The van der Waals surface area contributed by atoms with Gasteiger partial charge in [-0.15, -0.1) is 6.58 Å². The monoisotopic (exact) mass is 235 g/mol. The molecule has 0 saturated carbocycles. The van der Waals surface area contributed by atoms with Crippen LogP contribution in [0.1, 0.15) is 39.5 Å². The molecule has 2 nitrogen and oxygen atoms in total. The predicted molar refractivity (Wildman–Crippen MR) is 74.8 cm³/mol. The highest BCUT2D eigenvalue weighted by molar-refractivity contribution is 5.87. The molecule has 0 atom stereocenters. The van der Waals surface area contributed by atoms with Crippen molar-refractivity contribution in [2.75, 3.05) is 6.54 Å². The molecule has 0 unspecified atom stereocenters. The van der Waals surface area contributed by atoms with Crippen LogP contribution in [-0.4, -0.2) is 12.5 Å². The normalized spacial score (nSPS) is 11.5. The lowest BCUT2D eigenvalue weighted by molar-refractivity contribution is -0.116. The third kappa shape index (κ3) is 12.6. The number of nitrogens with one attached hydrogen (secondary N) is 1. The number of allylic oxidation sites excluding steroid dienone is 4. The van der Waals surface area contributed by atoms with Crippen molar-refractivity contribution in [2.24, 2.45) is 5.92 Å². The Morgan fingerprint density at radius 3 is 2.59 bits per heavy atom. The first-order valence-electron chi connectivity index (χ1n) is 6.38. The minimum atomic E-state index is -0.0185. The van der Waals surface area contributed by atoms with E-state index in [4.69, 9.17) is 0 Å². The Hall–Kier alpha value is -1.31. The van der Waals surface area contributed by atoms with Gasteiger partial charge in [0.1, 0.15) is 0 Å². The number of carbonyl (C=O) groups excluding carboxylic acids is 1. The first-order chi connectivity index (χ1) is 8.16. The van der Waals surface area contributed by atoms with Crippen LogP contribution in [0.2, 0.25) is 0 Å². The van der Waals surface area contributed by atoms with Crippen LogP contribution in [0.5, 0.6) is 0 Å². The summed E-state index contributed by atoms with van der Waals surface area (Å²) >= 11 is 0. The largest absolute Gasteiger partial charge is 0.352 e. The Morgan fingerprint density at radius 1 is 1.24 bits per heavy atom. The lowest BCUT2D eigenvalue weighted by Gasteiger charge is -2.03. The average molecular weight is 235 g/mol. The van der Waals surface area contributed by atoms with Gasteiger partial charge in [0.2, 0.25) is 5.91 Å². The van der Waals surface area contributed by atoms with Crippen LogP contribution in [0.25, 0.3) is 0 Å². The van der Waals surface area contributed by atoms with Crippen molar-refractivity contribution in [3.8, 4) is 0 Å². The lowest BCUT2D eigenvalue weighted by atomic mass is 10.2. The summed E-state index contributed by atoms with van der Waals surface area (Å²) < 4.78 is 0. The maximum atomic E-state index is 11.3. The highest BCUT2D eigenvalue weighted by Gasteiger charge is 1.95. The van der Waals surface area contributed by atoms with Gasteiger partial charge in [-0.05, 0) is 31.6 Å². The molecule has 0 heterocycles. The molecule has 0 aromatic carbocycles. The summed E-state index contributed by atoms with van der Waals surface area (Å²) in [6.07, 6.45) is 13.8. The molecule has 0 bridgehead atoms. The highest BCUT2D eigenvalue weighted by atomic mass is 16.1. The summed E-state index contributed by atoms with van der Waals surface area (Å²) in [4.78, 5) is 11.3. The van der Waals surface area contributed by atoms with Gasteiger partial charge in [-0.2, -0.15) is 0 Å². The van der Waals surface area contributed by atoms with E-state index in [1.54, 1.807) is 12.2 Å². The zero-order valence-electron chi connectivity index (χ0n) is 11.1. The quantitative estimate of drug-likeness (QED) is 0.281. The smallest absolute Gasteiger partial charge is 0.243 e. The Balaban J connectivity index is 3.53. The van der Waals surface area contributed by atoms with Crippen molar-refractivity contribution >= 4 is 5.91 Å². The number of rotatable bonds is 9. The van der Waals surface area contributed by atoms with Crippen LogP contribution in [0.15, 0.2) is 37.0 Å². The van der Waals surface area contributed by atoms with Crippen molar-refractivity contribution in [2.45, 2.75) is 39.5 Å². The average Bonchev–Trinajstić information content (AvgIpc) is 2.30. The fourth-order valence-corrected chi connectivity index (χ4v) is 1.23. The van der Waals surface area contributed by atoms with Crippen LogP contribution >= 0.6 is 0 Å². The molecule has 0 spiro atoms. The Bertz CT molecular complexity index is 264. The van der Waals surface area contributed by atoms with E-state index in [2.05, 4.69) is 31.8 Å². The SMILES string of the molecule is C=CCCCCC=CC=CC(=O)NCC(C)C. The Kier molecular flexibility index (Phi) is 10.3. The summed E-state index contributed by atoms with van der Waals surface area (Å²) in [5.74, 6) is 0.475. The summed E-state index contributed by atoms with van der Waals surface area (Å²) in [7, 11) is 0. The molecule has 1 amide bonds. The van der Waals surface area contributed by atoms with Gasteiger partial charge in [-0.25, -0.2) is 0 Å². The standard InChI is InChI=1S/C15H25NO/c1-4-5-6-7-8-9-10-11-12-15(17)16-13-14(2)3/h4,9-12,14H,1,5-8,13H2,2-3H3,(H,16,17). The van der Waals surface area contributed by atoms with Gasteiger partial charge in [0.25, 0.3) is 0 Å². The molecule has 96 valence electrons. The molecule has 1 N–H and O–H groups in total. The number of unbranched alkanes of at least 4 members (excludes halogenated alkanes) is 3. The topological polar surface area (TPSA) is 29.1 Å². The third-order valence-electron chi connectivity index (χ3n) is 2.21. The maximum absolute atomic E-state index is 11.3. The summed E-state index contributed by atoms with van der Waals surface area (Å²) in [5, 5.41) is 2.83. The second-order valence-electron chi connectivity index (χ2n) is 4.50. The minimum absolute atomic E-state index is 0.0185. The molecule has 0 aliphatic heterocycles. The van der Waals surface area contributed by atoms with Crippen LogP contribution in [0.4, 0.5) is 0 Å². The second kappa shape index (κ2) is 11.2. The Morgan fingerprint density at radius 2 is 1.94 bits per heavy atom. The van der Waals surface area contributed by atoms with Crippen molar-refractivity contribution < 1.29 is 4.79 Å². The molecule has 2 heteroatoms. The van der Waals surface area contributed by atoms with E-state index in [1.165, 1.54) is 12.8 Å². The molecular formula is C15H25NO. The van der Waals surface area contributed by atoms with Crippen molar-refractivity contribution in [3.05, 3.63) is 37.0 Å². The summed E-state index contributed by atoms with van der Waals surface area (Å²) in [6, 6.07) is 0. The van der Waals surface area contributed by atoms with E-state index in [0.717, 1.165) is 19.4 Å². The fraction of sp³-hybridized carbons (Fsp3) is 0.533. The van der Waals surface area contributed by atoms with Gasteiger partial charge < -0.3 is 5.32 Å². The second-order valence-corrected chi connectivity index (χ2v) is 4.50. The molecule has 0 aliphatic rings. The maximum Gasteiger partial charge on any atom is 0.243 e. The Labute approximate surface area is 105 Å². The molecule has 0 saturated heterocycles. The van der Waals surface area contributed by atoms with Gasteiger partial charge in [-0.1, -0.05) is 38.2 Å². The molecule has 0 aromatic rings. The van der Waals surface area contributed by atoms with E-state index in [1.807, 2.05) is 12.2 Å². The van der Waals surface area contributed by atoms with Gasteiger partial charge in [-0.3, -0.25) is 4.79 Å². The molecule has 0 radical (unpaired) electrons. The number of carbonyl (C=O) groups is 1. The fourth-order valence-electron chi connectivity index (χ4n) is 1.23. The zero-order chi connectivity index (χ0) is 12.9. The van der Waals surface area contributed by atoms with Crippen LogP contribution in [0, 0.1) is 5.92 Å². The van der Waals surface area contributed by atoms with Crippen LogP contribution in [-0.2, 0) is 4.79 Å². The number of amides is 1. The van der Waals surface area contributed by atoms with E-state index >= 15 is 0 Å². The molecule has 17 heavy (non-hydrogen) atoms. The van der Waals surface area contributed by atoms with E-state index < -0.39 is 0 Å². The van der Waals surface area contributed by atoms with E-state index in [0.29, 0.717) is 5.92 Å². The number of hydrogen-bond acceptors (Lipinski definition) is 1. The summed E-state index contributed by atoms with van der Waals surface area (Å²) in [5.41, 5.74) is 0. The van der Waals surface area contributed by atoms with Gasteiger partial charge >= 0.3 is 0 Å². The van der Waals surface area contributed by atoms with Gasteiger partial charge in [0, 0.05) is 12.6 Å². The predicted octanol–water partition coefficient (Wildman–Crippen LogP) is 3.62. The zero-order valence-corrected chi connectivity index (χ0v) is 11.1. The molecule has 0 rings (SSSR count). The first-order valence-corrected chi connectivity index (χ1v) is 6.38. The molecule has 0 aromatic heterocycles. The minimum Gasteiger partial charge on any atom is -0.352 e.